The lowest BCUT2D eigenvalue weighted by Gasteiger charge is -1.98. The van der Waals surface area contributed by atoms with E-state index in [0.717, 1.165) is 22.3 Å². The fourth-order valence-electron chi connectivity index (χ4n) is 2.22. The quantitative estimate of drug-likeness (QED) is 0.395. The van der Waals surface area contributed by atoms with Crippen molar-refractivity contribution >= 4 is 39.0 Å². The first-order valence-corrected chi connectivity index (χ1v) is 8.43. The molecule has 3 heterocycles. The molecule has 10 nitrogen and oxygen atoms in total. The van der Waals surface area contributed by atoms with Gasteiger partial charge in [0.2, 0.25) is 4.96 Å². The monoisotopic (exact) mass is 374 g/mol. The van der Waals surface area contributed by atoms with Gasteiger partial charge in [-0.2, -0.15) is 9.61 Å². The number of fused-ring (bicyclic) bond motifs is 1. The Morgan fingerprint density at radius 3 is 2.36 bits per heavy atom. The number of hydrogen-bond donors (Lipinski definition) is 0. The first kappa shape index (κ1) is 15.3. The van der Waals surface area contributed by atoms with Crippen LogP contribution in [0.3, 0.4) is 0 Å². The molecule has 0 atom stereocenters. The van der Waals surface area contributed by atoms with Crippen LogP contribution in [0.1, 0.15) is 0 Å². The summed E-state index contributed by atoms with van der Waals surface area (Å²) in [5.41, 5.74) is -0.448. The molecule has 3 aromatic heterocycles. The van der Waals surface area contributed by atoms with Crippen LogP contribution < -0.4 is 0 Å². The molecule has 0 aliphatic rings. The zero-order valence-corrected chi connectivity index (χ0v) is 13.7. The topological polar surface area (TPSA) is 129 Å². The standard InChI is InChI=1S/C13H6N6O4S2/c20-18(21)8-4-7(5-9(6-8)19(22)23)12-16-17-11(10-2-1-3-24-10)14-15-13(17)25-12/h1-6H. The van der Waals surface area contributed by atoms with E-state index in [0.29, 0.717) is 15.8 Å². The van der Waals surface area contributed by atoms with Gasteiger partial charge in [0, 0.05) is 17.7 Å². The van der Waals surface area contributed by atoms with E-state index >= 15 is 0 Å². The third-order valence-corrected chi connectivity index (χ3v) is 5.12. The second-order valence-electron chi connectivity index (χ2n) is 4.85. The minimum atomic E-state index is -0.673. The van der Waals surface area contributed by atoms with E-state index < -0.39 is 9.85 Å². The molecule has 0 aliphatic carbocycles. The molecule has 4 aromatic rings. The van der Waals surface area contributed by atoms with Crippen LogP contribution in [0.5, 0.6) is 0 Å². The maximum atomic E-state index is 11.0. The summed E-state index contributed by atoms with van der Waals surface area (Å²) < 4.78 is 1.52. The van der Waals surface area contributed by atoms with Crippen molar-refractivity contribution in [2.45, 2.75) is 0 Å². The van der Waals surface area contributed by atoms with Crippen molar-refractivity contribution in [2.75, 3.05) is 0 Å². The molecule has 0 N–H and O–H groups in total. The number of nitro benzene ring substituents is 2. The van der Waals surface area contributed by atoms with Crippen LogP contribution in [0.2, 0.25) is 0 Å². The minimum Gasteiger partial charge on any atom is -0.258 e. The molecule has 0 bridgehead atoms. The lowest BCUT2D eigenvalue weighted by atomic mass is 10.2. The molecule has 4 rings (SSSR count). The van der Waals surface area contributed by atoms with E-state index in [4.69, 9.17) is 0 Å². The zero-order chi connectivity index (χ0) is 17.6. The van der Waals surface area contributed by atoms with Crippen molar-refractivity contribution in [3.8, 4) is 21.3 Å². The third-order valence-electron chi connectivity index (χ3n) is 3.30. The Morgan fingerprint density at radius 1 is 1.04 bits per heavy atom. The van der Waals surface area contributed by atoms with Gasteiger partial charge >= 0.3 is 0 Å². The van der Waals surface area contributed by atoms with Gasteiger partial charge in [0.1, 0.15) is 5.01 Å². The maximum Gasteiger partial charge on any atom is 0.277 e. The Morgan fingerprint density at radius 2 is 1.76 bits per heavy atom. The summed E-state index contributed by atoms with van der Waals surface area (Å²) in [6, 6.07) is 7.17. The van der Waals surface area contributed by atoms with Gasteiger partial charge in [0.15, 0.2) is 5.82 Å². The van der Waals surface area contributed by atoms with E-state index in [-0.39, 0.29) is 16.9 Å². The van der Waals surface area contributed by atoms with Crippen LogP contribution in [0.25, 0.3) is 26.2 Å². The van der Waals surface area contributed by atoms with Crippen LogP contribution in [0.15, 0.2) is 35.7 Å². The van der Waals surface area contributed by atoms with Crippen molar-refractivity contribution in [1.29, 1.82) is 0 Å². The lowest BCUT2D eigenvalue weighted by Crippen LogP contribution is -1.94. The number of nitro groups is 2. The molecule has 0 radical (unpaired) electrons. The SMILES string of the molecule is O=[N+]([O-])c1cc(-c2nn3c(-c4cccs4)nnc3s2)cc([N+](=O)[O-])c1. The van der Waals surface area contributed by atoms with E-state index in [1.807, 2.05) is 17.5 Å². The highest BCUT2D eigenvalue weighted by Crippen LogP contribution is 2.33. The van der Waals surface area contributed by atoms with Crippen LogP contribution >= 0.6 is 22.7 Å². The summed E-state index contributed by atoms with van der Waals surface area (Å²) in [7, 11) is 0. The number of rotatable bonds is 4. The summed E-state index contributed by atoms with van der Waals surface area (Å²) in [5, 5.41) is 36.8. The van der Waals surface area contributed by atoms with E-state index in [2.05, 4.69) is 15.3 Å². The van der Waals surface area contributed by atoms with Gasteiger partial charge in [0.05, 0.1) is 20.8 Å². The molecule has 0 aliphatic heterocycles. The predicted octanol–water partition coefficient (Wildman–Crippen LogP) is 3.40. The van der Waals surface area contributed by atoms with Crippen molar-refractivity contribution in [1.82, 2.24) is 19.8 Å². The Balaban J connectivity index is 1.87. The average Bonchev–Trinajstić information content (AvgIpc) is 3.30. The Labute approximate surface area is 146 Å². The number of aromatic nitrogens is 4. The summed E-state index contributed by atoms with van der Waals surface area (Å²) in [4.78, 5) is 22.1. The molecule has 0 saturated heterocycles. The Hall–Kier alpha value is -3.25. The minimum absolute atomic E-state index is 0.286. The van der Waals surface area contributed by atoms with Crippen molar-refractivity contribution < 1.29 is 9.85 Å². The smallest absolute Gasteiger partial charge is 0.258 e. The van der Waals surface area contributed by atoms with Gasteiger partial charge in [-0.05, 0) is 11.4 Å². The Kier molecular flexibility index (Phi) is 3.47. The van der Waals surface area contributed by atoms with Gasteiger partial charge in [0.25, 0.3) is 11.4 Å². The summed E-state index contributed by atoms with van der Waals surface area (Å²) in [6.45, 7) is 0. The Bertz CT molecular complexity index is 1080. The number of nitrogens with zero attached hydrogens (tertiary/aromatic N) is 6. The molecule has 0 fully saturated rings. The fraction of sp³-hybridized carbons (Fsp3) is 0. The summed E-state index contributed by atoms with van der Waals surface area (Å²) in [5.74, 6) is 0.549. The predicted molar refractivity (Wildman–Crippen MR) is 90.7 cm³/mol. The van der Waals surface area contributed by atoms with Crippen molar-refractivity contribution in [2.24, 2.45) is 0 Å². The first-order valence-electron chi connectivity index (χ1n) is 6.73. The molecule has 0 spiro atoms. The lowest BCUT2D eigenvalue weighted by molar-refractivity contribution is -0.394. The molecule has 25 heavy (non-hydrogen) atoms. The van der Waals surface area contributed by atoms with Crippen molar-refractivity contribution in [3.05, 3.63) is 55.9 Å². The number of thiophene rings is 1. The van der Waals surface area contributed by atoms with Crippen molar-refractivity contribution in [3.63, 3.8) is 0 Å². The van der Waals surface area contributed by atoms with Gasteiger partial charge in [-0.1, -0.05) is 17.4 Å². The number of hydrogen-bond acceptors (Lipinski definition) is 9. The molecule has 1 aromatic carbocycles. The third kappa shape index (κ3) is 2.62. The molecular weight excluding hydrogens is 368 g/mol. The molecule has 0 amide bonds. The zero-order valence-electron chi connectivity index (χ0n) is 12.1. The highest BCUT2D eigenvalue weighted by Gasteiger charge is 2.21. The molecule has 0 unspecified atom stereocenters. The van der Waals surface area contributed by atoms with Crippen LogP contribution in [0.4, 0.5) is 11.4 Å². The largest absolute Gasteiger partial charge is 0.277 e. The number of non-ortho nitro benzene ring substituents is 2. The maximum absolute atomic E-state index is 11.0. The van der Waals surface area contributed by atoms with E-state index in [9.17, 15) is 20.2 Å². The molecule has 12 heteroatoms. The molecule has 124 valence electrons. The van der Waals surface area contributed by atoms with Crippen LogP contribution in [-0.2, 0) is 0 Å². The van der Waals surface area contributed by atoms with Gasteiger partial charge in [-0.25, -0.2) is 0 Å². The second kappa shape index (κ2) is 5.68. The highest BCUT2D eigenvalue weighted by molar-refractivity contribution is 7.20. The van der Waals surface area contributed by atoms with Gasteiger partial charge < -0.3 is 0 Å². The highest BCUT2D eigenvalue weighted by atomic mass is 32.1. The normalized spacial score (nSPS) is 11.0. The fourth-order valence-corrected chi connectivity index (χ4v) is 3.74. The molecular formula is C13H6N6O4S2. The van der Waals surface area contributed by atoms with Gasteiger partial charge in [-0.15, -0.1) is 21.5 Å². The van der Waals surface area contributed by atoms with Gasteiger partial charge in [-0.3, -0.25) is 20.2 Å². The van der Waals surface area contributed by atoms with E-state index in [1.165, 1.54) is 28.0 Å². The number of benzene rings is 1. The summed E-state index contributed by atoms with van der Waals surface area (Å²) >= 11 is 2.62. The van der Waals surface area contributed by atoms with Crippen LogP contribution in [0, 0.1) is 20.2 Å². The first-order chi connectivity index (χ1) is 12.0. The van der Waals surface area contributed by atoms with Crippen LogP contribution in [-0.4, -0.2) is 29.7 Å². The molecule has 0 saturated carbocycles. The average molecular weight is 374 g/mol. The van der Waals surface area contributed by atoms with E-state index in [1.54, 1.807) is 0 Å². The second-order valence-corrected chi connectivity index (χ2v) is 6.76. The summed E-state index contributed by atoms with van der Waals surface area (Å²) in [6.07, 6.45) is 0.